The van der Waals surface area contributed by atoms with Crippen molar-refractivity contribution in [3.63, 3.8) is 0 Å². The molecule has 0 N–H and O–H groups in total. The van der Waals surface area contributed by atoms with Crippen LogP contribution in [0.5, 0.6) is 0 Å². The zero-order valence-electron chi connectivity index (χ0n) is 27.4. The van der Waals surface area contributed by atoms with E-state index in [1.807, 2.05) is 6.49 Å². The molecular formula is C40H48Cl2Zr. The molecule has 226 valence electrons. The van der Waals surface area contributed by atoms with Crippen molar-refractivity contribution in [3.05, 3.63) is 109 Å². The molecule has 0 spiro atoms. The molecule has 1 saturated carbocycles. The standard InChI is InChI=1S/C21H25.C13H13.C6H10.2ClH.Zr/c1-20(2,3)16-9-7-14-11-15-8-10-17(21(4,5)6)13-19(15)18(14)12-16;1-10-8-11(2)13(9-10)12-6-4-3-5-7-12;1-2-4-6-5-3-1;;;/h7-13H,1-6H3;3-7,9-10H,1-2H3;1-5H2;2*1H;/q;;;;;+2/p-2. The first-order valence-corrected chi connectivity index (χ1v) is 19.8. The Balaban J connectivity index is 0.00000212. The predicted molar refractivity (Wildman–Crippen MR) is 175 cm³/mol. The molecule has 3 aliphatic rings. The van der Waals surface area contributed by atoms with Crippen molar-refractivity contribution in [1.29, 1.82) is 0 Å². The molecule has 0 saturated heterocycles. The molecule has 0 amide bonds. The summed E-state index contributed by atoms with van der Waals surface area (Å²) in [6, 6.07) is 26.3. The first-order chi connectivity index (χ1) is 19.4. The normalized spacial score (nSPS) is 18.3. The fourth-order valence-corrected chi connectivity index (χ4v) is 18.0. The molecule has 0 aromatic heterocycles. The summed E-state index contributed by atoms with van der Waals surface area (Å²) in [5.74, 6) is 0.532. The van der Waals surface area contributed by atoms with Crippen LogP contribution in [0.15, 0.2) is 81.7 Å². The summed E-state index contributed by atoms with van der Waals surface area (Å²) < 4.78 is 4.44. The number of benzene rings is 3. The van der Waals surface area contributed by atoms with Gasteiger partial charge in [-0.2, -0.15) is 0 Å². The molecule has 43 heavy (non-hydrogen) atoms. The molecule has 3 aromatic carbocycles. The second kappa shape index (κ2) is 13.1. The van der Waals surface area contributed by atoms with Crippen LogP contribution in [-0.4, -0.2) is 3.21 Å². The van der Waals surface area contributed by atoms with E-state index >= 15 is 0 Å². The quantitative estimate of drug-likeness (QED) is 0.358. The Bertz CT molecular complexity index is 1520. The average molecular weight is 691 g/mol. The Morgan fingerprint density at radius 1 is 0.674 bits per heavy atom. The zero-order valence-corrected chi connectivity index (χ0v) is 31.3. The SMILES string of the molecule is CC1=[C]([Zr+2](=[C]2CCCCC2)[CH]2c3ccc(C(C)(C)C)cc3-c3cc(C(C)(C)C)ccc32)C(C)C=C1c1ccccc1.[Cl-].[Cl-]. The van der Waals surface area contributed by atoms with Gasteiger partial charge in [0.1, 0.15) is 0 Å². The van der Waals surface area contributed by atoms with Crippen LogP contribution in [0.4, 0.5) is 0 Å². The van der Waals surface area contributed by atoms with Gasteiger partial charge >= 0.3 is 259 Å². The van der Waals surface area contributed by atoms with E-state index in [0.717, 1.165) is 0 Å². The van der Waals surface area contributed by atoms with E-state index in [1.165, 1.54) is 65.5 Å². The van der Waals surface area contributed by atoms with Crippen molar-refractivity contribution >= 4 is 8.78 Å². The third kappa shape index (κ3) is 6.44. The minimum Gasteiger partial charge on any atom is -1.00 e. The first kappa shape index (κ1) is 34.3. The summed E-state index contributed by atoms with van der Waals surface area (Å²) in [5.41, 5.74) is 14.0. The van der Waals surface area contributed by atoms with E-state index in [0.29, 0.717) is 9.54 Å². The maximum Gasteiger partial charge on any atom is -1.00 e. The van der Waals surface area contributed by atoms with Gasteiger partial charge in [0.15, 0.2) is 0 Å². The number of hydrogen-bond donors (Lipinski definition) is 0. The third-order valence-corrected chi connectivity index (χ3v) is 19.4. The van der Waals surface area contributed by atoms with E-state index in [4.69, 9.17) is 0 Å². The van der Waals surface area contributed by atoms with Crippen molar-refractivity contribution in [2.75, 3.05) is 0 Å². The summed E-state index contributed by atoms with van der Waals surface area (Å²) in [7, 11) is 0. The van der Waals surface area contributed by atoms with Crippen molar-refractivity contribution in [1.82, 2.24) is 0 Å². The molecular weight excluding hydrogens is 643 g/mol. The van der Waals surface area contributed by atoms with Crippen LogP contribution < -0.4 is 24.8 Å². The van der Waals surface area contributed by atoms with Crippen molar-refractivity contribution in [3.8, 4) is 11.1 Å². The van der Waals surface area contributed by atoms with Crippen molar-refractivity contribution in [2.24, 2.45) is 5.92 Å². The van der Waals surface area contributed by atoms with E-state index in [2.05, 4.69) is 128 Å². The molecule has 0 radical (unpaired) electrons. The second-order valence-corrected chi connectivity index (χ2v) is 21.4. The van der Waals surface area contributed by atoms with Gasteiger partial charge in [-0.3, -0.25) is 0 Å². The van der Waals surface area contributed by atoms with Crippen LogP contribution in [0.2, 0.25) is 0 Å². The largest absolute Gasteiger partial charge is 1.00 e. The van der Waals surface area contributed by atoms with Crippen LogP contribution in [-0.2, 0) is 32.1 Å². The Morgan fingerprint density at radius 2 is 1.19 bits per heavy atom. The van der Waals surface area contributed by atoms with Gasteiger partial charge in [0.25, 0.3) is 0 Å². The van der Waals surface area contributed by atoms with Crippen LogP contribution in [0.3, 0.4) is 0 Å². The number of halogens is 2. The van der Waals surface area contributed by atoms with E-state index in [9.17, 15) is 0 Å². The predicted octanol–water partition coefficient (Wildman–Crippen LogP) is 5.12. The number of rotatable bonds is 3. The molecule has 6 rings (SSSR count). The fourth-order valence-electron chi connectivity index (χ4n) is 7.61. The number of fused-ring (bicyclic) bond motifs is 3. The Labute approximate surface area is 281 Å². The van der Waals surface area contributed by atoms with Gasteiger partial charge < -0.3 is 24.8 Å². The van der Waals surface area contributed by atoms with Gasteiger partial charge in [0.2, 0.25) is 0 Å². The molecule has 0 heterocycles. The van der Waals surface area contributed by atoms with Gasteiger partial charge in [-0.05, 0) is 0 Å². The van der Waals surface area contributed by atoms with Crippen LogP contribution >= 0.6 is 0 Å². The van der Waals surface area contributed by atoms with Gasteiger partial charge in [-0.15, -0.1) is 0 Å². The Morgan fingerprint density at radius 3 is 1.67 bits per heavy atom. The summed E-state index contributed by atoms with van der Waals surface area (Å²) in [4.78, 5) is 0. The molecule has 1 atom stereocenters. The van der Waals surface area contributed by atoms with Crippen LogP contribution in [0.25, 0.3) is 16.7 Å². The molecule has 3 heteroatoms. The van der Waals surface area contributed by atoms with E-state index < -0.39 is 21.3 Å². The molecule has 1 fully saturated rings. The van der Waals surface area contributed by atoms with Gasteiger partial charge in [-0.25, -0.2) is 0 Å². The summed E-state index contributed by atoms with van der Waals surface area (Å²) >= 11 is -2.37. The fraction of sp³-hybridized carbons (Fsp3) is 0.425. The van der Waals surface area contributed by atoms with E-state index in [-0.39, 0.29) is 35.6 Å². The molecule has 3 aliphatic carbocycles. The molecule has 3 aromatic rings. The van der Waals surface area contributed by atoms with Crippen molar-refractivity contribution < 1.29 is 46.1 Å². The van der Waals surface area contributed by atoms with Gasteiger partial charge in [-0.1, -0.05) is 0 Å². The smallest absolute Gasteiger partial charge is 1.00 e. The summed E-state index contributed by atoms with van der Waals surface area (Å²) in [6.45, 7) is 19.1. The molecule has 0 aliphatic heterocycles. The van der Waals surface area contributed by atoms with Crippen LogP contribution in [0, 0.1) is 5.92 Å². The Kier molecular flexibility index (Phi) is 10.4. The minimum atomic E-state index is -2.37. The maximum atomic E-state index is 2.60. The molecule has 0 bridgehead atoms. The minimum absolute atomic E-state index is 0. The average Bonchev–Trinajstić information content (AvgIpc) is 3.42. The monoisotopic (exact) mass is 688 g/mol. The van der Waals surface area contributed by atoms with Crippen LogP contribution in [0.1, 0.15) is 119 Å². The zero-order chi connectivity index (χ0) is 29.1. The first-order valence-electron chi connectivity index (χ1n) is 15.9. The number of hydrogen-bond acceptors (Lipinski definition) is 0. The third-order valence-electron chi connectivity index (χ3n) is 9.93. The second-order valence-electron chi connectivity index (χ2n) is 14.9. The van der Waals surface area contributed by atoms with Crippen molar-refractivity contribution in [2.45, 2.75) is 102 Å². The Hall–Kier alpha value is -1.53. The van der Waals surface area contributed by atoms with E-state index in [1.54, 1.807) is 16.7 Å². The summed E-state index contributed by atoms with van der Waals surface area (Å²) in [5, 5.41) is 0. The summed E-state index contributed by atoms with van der Waals surface area (Å²) in [6.07, 6.45) is 9.50. The maximum absolute atomic E-state index is 2.60. The number of allylic oxidation sites excluding steroid dienone is 4. The molecule has 1 unspecified atom stereocenters. The van der Waals surface area contributed by atoms with Gasteiger partial charge in [0.05, 0.1) is 0 Å². The van der Waals surface area contributed by atoms with Gasteiger partial charge in [0, 0.05) is 0 Å². The topological polar surface area (TPSA) is 0 Å². The molecule has 0 nitrogen and oxygen atoms in total.